The van der Waals surface area contributed by atoms with Crippen LogP contribution in [-0.2, 0) is 0 Å². The van der Waals surface area contributed by atoms with Crippen molar-refractivity contribution in [1.29, 1.82) is 0 Å². The monoisotopic (exact) mass is 92.1 g/mol. The van der Waals surface area contributed by atoms with Crippen LogP contribution in [0.2, 0.25) is 0 Å². The van der Waals surface area contributed by atoms with E-state index in [1.54, 1.807) is 7.41 Å². The maximum absolute atomic E-state index is 3.08. The maximum Gasteiger partial charge on any atom is 0.309 e. The minimum Gasteiger partial charge on any atom is -0.345 e. The van der Waals surface area contributed by atoms with Crippen LogP contribution in [0.5, 0.6) is 0 Å². The Labute approximate surface area is 44.8 Å². The highest BCUT2D eigenvalue weighted by atomic mass is 14.8. The minimum absolute atomic E-state index is 0.557. The van der Waals surface area contributed by atoms with Gasteiger partial charge in [0.2, 0.25) is 0 Å². The third-order valence-electron chi connectivity index (χ3n) is 0.950. The molecule has 1 rings (SSSR count). The van der Waals surface area contributed by atoms with Crippen LogP contribution in [0.3, 0.4) is 0 Å². The van der Waals surface area contributed by atoms with Crippen LogP contribution in [0.4, 0.5) is 0 Å². The summed E-state index contributed by atoms with van der Waals surface area (Å²) in [6.45, 7) is 2.12. The van der Waals surface area contributed by atoms with Gasteiger partial charge in [-0.2, -0.15) is 0 Å². The van der Waals surface area contributed by atoms with Crippen LogP contribution >= 0.6 is 0 Å². The van der Waals surface area contributed by atoms with Gasteiger partial charge in [0.15, 0.2) is 0 Å². The Kier molecular flexibility index (Phi) is 1.38. The molecule has 0 spiro atoms. The van der Waals surface area contributed by atoms with Gasteiger partial charge in [0.1, 0.15) is 0 Å². The second-order valence-electron chi connectivity index (χ2n) is 1.74. The fourth-order valence-corrected chi connectivity index (χ4v) is 0.506. The summed E-state index contributed by atoms with van der Waals surface area (Å²) >= 11 is 0. The van der Waals surface area contributed by atoms with E-state index >= 15 is 0 Å². The lowest BCUT2D eigenvalue weighted by atomic mass is 9.90. The molecule has 0 amide bonds. The van der Waals surface area contributed by atoms with Gasteiger partial charge < -0.3 is 5.23 Å². The maximum atomic E-state index is 3.08. The number of nitrogens with one attached hydrogen (secondary N) is 1. The van der Waals surface area contributed by atoms with E-state index in [4.69, 9.17) is 0 Å². The van der Waals surface area contributed by atoms with Crippen LogP contribution in [0.25, 0.3) is 0 Å². The molecule has 0 bridgehead atoms. The smallest absolute Gasteiger partial charge is 0.309 e. The lowest BCUT2D eigenvalue weighted by Crippen LogP contribution is -2.31. The largest absolute Gasteiger partial charge is 0.345 e. The predicted octanol–water partition coefficient (Wildman–Crippen LogP) is -0.0517. The second kappa shape index (κ2) is 2.04. The lowest BCUT2D eigenvalue weighted by Gasteiger charge is -2.08. The van der Waals surface area contributed by atoms with Crippen LogP contribution in [0.15, 0.2) is 0 Å². The van der Waals surface area contributed by atoms with E-state index < -0.39 is 0 Å². The predicted molar refractivity (Wildman–Crippen MR) is 30.7 cm³/mol. The lowest BCUT2D eigenvalue weighted by molar-refractivity contribution is 0.699. The Hall–Kier alpha value is -0.415. The van der Waals surface area contributed by atoms with Crippen molar-refractivity contribution in [3.05, 3.63) is 0 Å². The highest BCUT2D eigenvalue weighted by molar-refractivity contribution is 6.43. The first-order valence-corrected chi connectivity index (χ1v) is 2.46. The van der Waals surface area contributed by atoms with Gasteiger partial charge in [-0.25, -0.2) is 0 Å². The van der Waals surface area contributed by atoms with Crippen molar-refractivity contribution in [2.45, 2.75) is 19.4 Å². The minimum atomic E-state index is 0.557. The molecule has 0 saturated carbocycles. The second-order valence-corrected chi connectivity index (χ2v) is 1.74. The number of rotatable bonds is 0. The molecule has 1 nitrogen and oxygen atoms in total. The first-order valence-electron chi connectivity index (χ1n) is 2.46. The summed E-state index contributed by atoms with van der Waals surface area (Å²) in [7, 11) is 1.80. The van der Waals surface area contributed by atoms with Crippen LogP contribution < -0.4 is 5.23 Å². The normalized spacial score (nSPS) is 27.3. The third kappa shape index (κ3) is 1.25. The molecular weight excluding hydrogens is 84.9 g/mol. The molecule has 1 aliphatic heterocycles. The molecule has 1 radical (unpaired) electrons. The van der Waals surface area contributed by atoms with E-state index in [1.807, 2.05) is 0 Å². The molecule has 0 aromatic carbocycles. The van der Waals surface area contributed by atoms with Gasteiger partial charge in [-0.05, 0) is 6.92 Å². The average molecular weight is 91.9 g/mol. The highest BCUT2D eigenvalue weighted by Gasteiger charge is 1.99. The molecule has 2 heteroatoms. The first-order chi connectivity index (χ1) is 3.39. The SMILES string of the molecule is CC1CC#C[B]N1. The van der Waals surface area contributed by atoms with E-state index in [1.165, 1.54) is 0 Å². The molecule has 1 unspecified atom stereocenters. The highest BCUT2D eigenvalue weighted by Crippen LogP contribution is 1.88. The van der Waals surface area contributed by atoms with Crippen LogP contribution in [0, 0.1) is 11.7 Å². The zero-order chi connectivity index (χ0) is 5.11. The molecule has 1 N–H and O–H groups in total. The Morgan fingerprint density at radius 2 is 2.71 bits per heavy atom. The molecule has 0 fully saturated rings. The van der Waals surface area contributed by atoms with Gasteiger partial charge in [0.25, 0.3) is 0 Å². The van der Waals surface area contributed by atoms with Crippen LogP contribution in [0.1, 0.15) is 13.3 Å². The quantitative estimate of drug-likeness (QED) is 0.326. The fourth-order valence-electron chi connectivity index (χ4n) is 0.506. The zero-order valence-corrected chi connectivity index (χ0v) is 4.36. The number of hydrogen-bond donors (Lipinski definition) is 1. The van der Waals surface area contributed by atoms with Crippen molar-refractivity contribution < 1.29 is 0 Å². The molecule has 0 saturated heterocycles. The zero-order valence-electron chi connectivity index (χ0n) is 4.36. The van der Waals surface area contributed by atoms with Gasteiger partial charge in [-0.3, -0.25) is 0 Å². The van der Waals surface area contributed by atoms with Gasteiger partial charge in [0.05, 0.1) is 0 Å². The van der Waals surface area contributed by atoms with Crippen molar-refractivity contribution in [1.82, 2.24) is 5.23 Å². The van der Waals surface area contributed by atoms with Crippen molar-refractivity contribution in [2.24, 2.45) is 0 Å². The molecule has 35 valence electrons. The molecule has 0 aromatic heterocycles. The summed E-state index contributed by atoms with van der Waals surface area (Å²) in [4.78, 5) is 0. The topological polar surface area (TPSA) is 12.0 Å². The molecule has 0 aliphatic carbocycles. The molecule has 0 aromatic rings. The van der Waals surface area contributed by atoms with Gasteiger partial charge in [0, 0.05) is 12.5 Å². The molecular formula is C5H7BN. The average Bonchev–Trinajstić information content (AvgIpc) is 1.69. The van der Waals surface area contributed by atoms with E-state index in [9.17, 15) is 0 Å². The molecule has 1 aliphatic rings. The summed E-state index contributed by atoms with van der Waals surface area (Å²) in [5.74, 6) is 5.80. The molecule has 1 atom stereocenters. The third-order valence-corrected chi connectivity index (χ3v) is 0.950. The van der Waals surface area contributed by atoms with Crippen molar-refractivity contribution in [3.63, 3.8) is 0 Å². The van der Waals surface area contributed by atoms with Crippen molar-refractivity contribution in [3.8, 4) is 11.7 Å². The Bertz CT molecular complexity index is 111. The number of hydrogen-bond acceptors (Lipinski definition) is 1. The van der Waals surface area contributed by atoms with Gasteiger partial charge in [-0.1, -0.05) is 0 Å². The molecule has 1 heterocycles. The van der Waals surface area contributed by atoms with Crippen LogP contribution in [-0.4, -0.2) is 13.5 Å². The van der Waals surface area contributed by atoms with Crippen molar-refractivity contribution >= 4 is 7.41 Å². The Morgan fingerprint density at radius 3 is 3.00 bits per heavy atom. The Morgan fingerprint density at radius 1 is 1.86 bits per heavy atom. The van der Waals surface area contributed by atoms with Crippen molar-refractivity contribution in [2.75, 3.05) is 0 Å². The van der Waals surface area contributed by atoms with E-state index in [2.05, 4.69) is 23.9 Å². The summed E-state index contributed by atoms with van der Waals surface area (Å²) in [6, 6.07) is 0.557. The summed E-state index contributed by atoms with van der Waals surface area (Å²) < 4.78 is 0. The Balaban J connectivity index is 2.39. The molecule has 7 heavy (non-hydrogen) atoms. The van der Waals surface area contributed by atoms with Gasteiger partial charge in [-0.15, -0.1) is 11.7 Å². The fraction of sp³-hybridized carbons (Fsp3) is 0.600. The summed E-state index contributed by atoms with van der Waals surface area (Å²) in [5, 5.41) is 3.08. The summed E-state index contributed by atoms with van der Waals surface area (Å²) in [6.07, 6.45) is 0.983. The van der Waals surface area contributed by atoms with E-state index in [0.717, 1.165) is 6.42 Å². The van der Waals surface area contributed by atoms with E-state index in [0.29, 0.717) is 6.04 Å². The van der Waals surface area contributed by atoms with Gasteiger partial charge >= 0.3 is 7.41 Å². The first kappa shape index (κ1) is 4.74. The van der Waals surface area contributed by atoms with E-state index in [-0.39, 0.29) is 0 Å². The standard InChI is InChI=1S/C5H7BN/c1-5-3-2-4-6-7-5/h5,7H,3H2,1H3. The summed E-state index contributed by atoms with van der Waals surface area (Å²) in [5.41, 5.74) is 0.